The summed E-state index contributed by atoms with van der Waals surface area (Å²) in [7, 11) is 1.90. The molecule has 8 heteroatoms. The fourth-order valence-electron chi connectivity index (χ4n) is 3.35. The van der Waals surface area contributed by atoms with Crippen molar-refractivity contribution in [1.29, 1.82) is 0 Å². The van der Waals surface area contributed by atoms with Crippen LogP contribution in [0.25, 0.3) is 0 Å². The summed E-state index contributed by atoms with van der Waals surface area (Å²) in [5, 5.41) is 0. The molecule has 0 N–H and O–H groups in total. The molecule has 0 saturated carbocycles. The minimum absolute atomic E-state index is 0.0751. The maximum atomic E-state index is 13.1. The summed E-state index contributed by atoms with van der Waals surface area (Å²) in [4.78, 5) is 29.1. The molecule has 0 aliphatic heterocycles. The molecule has 31 heavy (non-hydrogen) atoms. The van der Waals surface area contributed by atoms with E-state index in [4.69, 9.17) is 0 Å². The molecule has 0 aliphatic rings. The van der Waals surface area contributed by atoms with Crippen molar-refractivity contribution < 1.29 is 22.8 Å². The van der Waals surface area contributed by atoms with Gasteiger partial charge in [-0.1, -0.05) is 26.8 Å². The number of carbonyl (C=O) groups is 2. The van der Waals surface area contributed by atoms with E-state index in [0.29, 0.717) is 19.5 Å². The normalized spacial score (nSPS) is 11.6. The van der Waals surface area contributed by atoms with Crippen molar-refractivity contribution in [3.63, 3.8) is 0 Å². The van der Waals surface area contributed by atoms with Crippen molar-refractivity contribution in [2.45, 2.75) is 39.9 Å². The maximum absolute atomic E-state index is 13.1. The van der Waals surface area contributed by atoms with Crippen LogP contribution in [0.2, 0.25) is 0 Å². The minimum atomic E-state index is -4.54. The summed E-state index contributed by atoms with van der Waals surface area (Å²) in [6, 6.07) is 8.15. The minimum Gasteiger partial charge on any atom is -0.353 e. The summed E-state index contributed by atoms with van der Waals surface area (Å²) in [5.74, 6) is -0.587. The zero-order valence-electron chi connectivity index (χ0n) is 18.4. The molecule has 1 aromatic heterocycles. The monoisotopic (exact) mass is 437 g/mol. The molecule has 2 rings (SSSR count). The number of hydrogen-bond acceptors (Lipinski definition) is 2. The summed E-state index contributed by atoms with van der Waals surface area (Å²) in [5.41, 5.74) is 0.000401. The number of alkyl halides is 3. The molecule has 1 aromatic carbocycles. The molecule has 0 aliphatic carbocycles. The van der Waals surface area contributed by atoms with Crippen molar-refractivity contribution in [3.05, 3.63) is 59.4 Å². The van der Waals surface area contributed by atoms with Gasteiger partial charge in [-0.15, -0.1) is 0 Å². The maximum Gasteiger partial charge on any atom is 0.416 e. The Kier molecular flexibility index (Phi) is 8.30. The zero-order valence-corrected chi connectivity index (χ0v) is 18.4. The Morgan fingerprint density at radius 2 is 1.81 bits per heavy atom. The van der Waals surface area contributed by atoms with Crippen molar-refractivity contribution in [2.75, 3.05) is 19.6 Å². The lowest BCUT2D eigenvalue weighted by atomic mass is 10.1. The fourth-order valence-corrected chi connectivity index (χ4v) is 3.35. The Balaban J connectivity index is 2.22. The van der Waals surface area contributed by atoms with Gasteiger partial charge in [0.05, 0.1) is 12.1 Å². The molecule has 0 bridgehead atoms. The largest absolute Gasteiger partial charge is 0.416 e. The molecule has 170 valence electrons. The van der Waals surface area contributed by atoms with E-state index < -0.39 is 17.6 Å². The molecule has 0 saturated heterocycles. The average molecular weight is 438 g/mol. The number of aryl methyl sites for hydroxylation is 1. The summed E-state index contributed by atoms with van der Waals surface area (Å²) < 4.78 is 41.1. The van der Waals surface area contributed by atoms with Crippen LogP contribution in [0.15, 0.2) is 42.6 Å². The van der Waals surface area contributed by atoms with Gasteiger partial charge in [0.15, 0.2) is 0 Å². The lowest BCUT2D eigenvalue weighted by Crippen LogP contribution is -2.44. The highest BCUT2D eigenvalue weighted by Gasteiger charge is 2.31. The highest BCUT2D eigenvalue weighted by atomic mass is 19.4. The van der Waals surface area contributed by atoms with E-state index in [-0.39, 0.29) is 30.5 Å². The number of halogens is 3. The van der Waals surface area contributed by atoms with E-state index in [1.165, 1.54) is 17.0 Å². The van der Waals surface area contributed by atoms with Gasteiger partial charge < -0.3 is 14.4 Å². The molecule has 5 nitrogen and oxygen atoms in total. The first-order valence-electron chi connectivity index (χ1n) is 10.4. The molecular weight excluding hydrogens is 407 g/mol. The number of hydrogen-bond donors (Lipinski definition) is 0. The first-order valence-corrected chi connectivity index (χ1v) is 10.4. The molecular formula is C23H30F3N3O2. The van der Waals surface area contributed by atoms with Crippen molar-refractivity contribution >= 4 is 11.8 Å². The molecule has 0 fully saturated rings. The topological polar surface area (TPSA) is 45.6 Å². The molecule has 0 radical (unpaired) electrons. The van der Waals surface area contributed by atoms with Crippen LogP contribution in [0, 0.1) is 5.92 Å². The van der Waals surface area contributed by atoms with Gasteiger partial charge in [-0.2, -0.15) is 13.2 Å². The first kappa shape index (κ1) is 24.5. The van der Waals surface area contributed by atoms with Crippen LogP contribution in [0.4, 0.5) is 13.2 Å². The van der Waals surface area contributed by atoms with Crippen LogP contribution in [0.1, 0.15) is 48.8 Å². The molecule has 0 spiro atoms. The van der Waals surface area contributed by atoms with Gasteiger partial charge in [0.25, 0.3) is 5.91 Å². The van der Waals surface area contributed by atoms with E-state index in [1.54, 1.807) is 4.90 Å². The highest BCUT2D eigenvalue weighted by molar-refractivity contribution is 5.96. The smallest absolute Gasteiger partial charge is 0.353 e. The average Bonchev–Trinajstić information content (AvgIpc) is 3.10. The van der Waals surface area contributed by atoms with Gasteiger partial charge in [0.1, 0.15) is 6.54 Å². The van der Waals surface area contributed by atoms with Crippen LogP contribution >= 0.6 is 0 Å². The van der Waals surface area contributed by atoms with E-state index in [1.807, 2.05) is 50.7 Å². The van der Waals surface area contributed by atoms with Gasteiger partial charge in [-0.05, 0) is 42.7 Å². The van der Waals surface area contributed by atoms with E-state index in [0.717, 1.165) is 17.8 Å². The van der Waals surface area contributed by atoms with E-state index >= 15 is 0 Å². The Morgan fingerprint density at radius 3 is 2.35 bits per heavy atom. The van der Waals surface area contributed by atoms with E-state index in [9.17, 15) is 22.8 Å². The third-order valence-electron chi connectivity index (χ3n) is 4.89. The Bertz CT molecular complexity index is 890. The molecule has 1 heterocycles. The van der Waals surface area contributed by atoms with Crippen LogP contribution in [-0.2, 0) is 24.6 Å². The Hall–Kier alpha value is -2.77. The third kappa shape index (κ3) is 6.87. The summed E-state index contributed by atoms with van der Waals surface area (Å²) in [6.45, 7) is 6.87. The second-order valence-electron chi connectivity index (χ2n) is 8.08. The predicted octanol–water partition coefficient (Wildman–Crippen LogP) is 4.58. The lowest BCUT2D eigenvalue weighted by molar-refractivity contribution is -0.137. The second-order valence-corrected chi connectivity index (χ2v) is 8.08. The summed E-state index contributed by atoms with van der Waals surface area (Å²) in [6.07, 6.45) is -2.06. The van der Waals surface area contributed by atoms with Gasteiger partial charge >= 0.3 is 6.18 Å². The van der Waals surface area contributed by atoms with Crippen molar-refractivity contribution in [3.8, 4) is 0 Å². The molecule has 2 amide bonds. The Labute approximate surface area is 181 Å². The van der Waals surface area contributed by atoms with Gasteiger partial charge in [0.2, 0.25) is 5.91 Å². The Morgan fingerprint density at radius 1 is 1.10 bits per heavy atom. The van der Waals surface area contributed by atoms with Gasteiger partial charge in [-0.3, -0.25) is 9.59 Å². The number of benzene rings is 1. The number of rotatable bonds is 9. The fraction of sp³-hybridized carbons (Fsp3) is 0.478. The van der Waals surface area contributed by atoms with Crippen LogP contribution in [-0.4, -0.2) is 45.8 Å². The first-order chi connectivity index (χ1) is 14.5. The van der Waals surface area contributed by atoms with E-state index in [2.05, 4.69) is 0 Å². The van der Waals surface area contributed by atoms with Crippen LogP contribution in [0.3, 0.4) is 0 Å². The number of aromatic nitrogens is 1. The number of nitrogens with zero attached hydrogens (tertiary/aromatic N) is 3. The van der Waals surface area contributed by atoms with Gasteiger partial charge in [0, 0.05) is 37.6 Å². The standard InChI is InChI=1S/C23H30F3N3O2/c1-5-11-28(22(31)18-8-6-9-19(13-18)23(24,25)26)16-21(30)29(14-17(2)3)15-20-10-7-12-27(20)4/h6-10,12-13,17H,5,11,14-16H2,1-4H3. The van der Waals surface area contributed by atoms with Crippen LogP contribution in [0.5, 0.6) is 0 Å². The lowest BCUT2D eigenvalue weighted by Gasteiger charge is -2.29. The second kappa shape index (κ2) is 10.5. The highest BCUT2D eigenvalue weighted by Crippen LogP contribution is 2.29. The molecule has 0 unspecified atom stereocenters. The number of carbonyl (C=O) groups excluding carboxylic acids is 2. The van der Waals surface area contributed by atoms with Gasteiger partial charge in [-0.25, -0.2) is 0 Å². The molecule has 0 atom stereocenters. The number of amides is 2. The third-order valence-corrected chi connectivity index (χ3v) is 4.89. The van der Waals surface area contributed by atoms with Crippen molar-refractivity contribution in [2.24, 2.45) is 13.0 Å². The van der Waals surface area contributed by atoms with Crippen LogP contribution < -0.4 is 0 Å². The summed E-state index contributed by atoms with van der Waals surface area (Å²) >= 11 is 0. The predicted molar refractivity (Wildman–Crippen MR) is 113 cm³/mol. The van der Waals surface area contributed by atoms with Crippen molar-refractivity contribution in [1.82, 2.24) is 14.4 Å². The zero-order chi connectivity index (χ0) is 23.2. The molecule has 2 aromatic rings. The quantitative estimate of drug-likeness (QED) is 0.577. The SMILES string of the molecule is CCCN(CC(=O)N(Cc1cccn1C)CC(C)C)C(=O)c1cccc(C(F)(F)F)c1.